The zero-order valence-corrected chi connectivity index (χ0v) is 12.8. The molecule has 0 atom stereocenters. The number of nitrogens with one attached hydrogen (secondary N) is 1. The van der Waals surface area contributed by atoms with Gasteiger partial charge in [0.2, 0.25) is 0 Å². The Labute approximate surface area is 117 Å². The molecule has 2 rings (SSSR count). The number of hydrogen-bond acceptors (Lipinski definition) is 3. The molecular formula is C12H12BrNOS2. The fourth-order valence-electron chi connectivity index (χ4n) is 1.44. The molecule has 0 saturated heterocycles. The molecule has 1 N–H and O–H groups in total. The molecule has 2 aromatic heterocycles. The van der Waals surface area contributed by atoms with Gasteiger partial charge >= 0.3 is 0 Å². The second-order valence-electron chi connectivity index (χ2n) is 3.77. The normalized spacial score (nSPS) is 10.5. The first-order chi connectivity index (χ1) is 8.06. The summed E-state index contributed by atoms with van der Waals surface area (Å²) in [6.07, 6.45) is 0. The fraction of sp³-hybridized carbons (Fsp3) is 0.250. The molecule has 0 aromatic carbocycles. The van der Waals surface area contributed by atoms with E-state index in [1.54, 1.807) is 11.3 Å². The van der Waals surface area contributed by atoms with Gasteiger partial charge in [-0.15, -0.1) is 22.7 Å². The molecule has 0 fully saturated rings. The molecule has 90 valence electrons. The van der Waals surface area contributed by atoms with Crippen LogP contribution in [-0.2, 0) is 6.54 Å². The van der Waals surface area contributed by atoms with E-state index < -0.39 is 0 Å². The van der Waals surface area contributed by atoms with Crippen LogP contribution >= 0.6 is 38.6 Å². The largest absolute Gasteiger partial charge is 0.347 e. The lowest BCUT2D eigenvalue weighted by Gasteiger charge is -2.00. The molecule has 0 saturated carbocycles. The summed E-state index contributed by atoms with van der Waals surface area (Å²) in [5.74, 6) is -0.0179. The van der Waals surface area contributed by atoms with E-state index in [9.17, 15) is 4.79 Å². The Hall–Kier alpha value is -0.650. The van der Waals surface area contributed by atoms with Crippen molar-refractivity contribution in [3.8, 4) is 0 Å². The van der Waals surface area contributed by atoms with Crippen LogP contribution in [0.3, 0.4) is 0 Å². The van der Waals surface area contributed by atoms with Crippen LogP contribution in [0.5, 0.6) is 0 Å². The van der Waals surface area contributed by atoms with Gasteiger partial charge in [0.05, 0.1) is 15.9 Å². The van der Waals surface area contributed by atoms with Gasteiger partial charge in [0.15, 0.2) is 0 Å². The van der Waals surface area contributed by atoms with Gasteiger partial charge < -0.3 is 5.32 Å². The van der Waals surface area contributed by atoms with Gasteiger partial charge in [-0.05, 0) is 47.5 Å². The molecule has 0 aliphatic rings. The Morgan fingerprint density at radius 1 is 1.41 bits per heavy atom. The van der Waals surface area contributed by atoms with E-state index in [0.717, 1.165) is 3.79 Å². The Bertz CT molecular complexity index is 525. The zero-order chi connectivity index (χ0) is 12.4. The van der Waals surface area contributed by atoms with Crippen LogP contribution in [0.4, 0.5) is 0 Å². The van der Waals surface area contributed by atoms with Gasteiger partial charge in [-0.1, -0.05) is 0 Å². The monoisotopic (exact) mass is 329 g/mol. The first-order valence-electron chi connectivity index (χ1n) is 5.14. The van der Waals surface area contributed by atoms with Gasteiger partial charge in [0.25, 0.3) is 5.91 Å². The lowest BCUT2D eigenvalue weighted by atomic mass is 10.3. The molecular weight excluding hydrogens is 318 g/mol. The van der Waals surface area contributed by atoms with Crippen molar-refractivity contribution in [2.24, 2.45) is 0 Å². The highest BCUT2D eigenvalue weighted by molar-refractivity contribution is 9.11. The number of carbonyl (C=O) groups is 1. The number of hydrogen-bond donors (Lipinski definition) is 1. The molecule has 0 radical (unpaired) electrons. The minimum Gasteiger partial charge on any atom is -0.347 e. The Kier molecular flexibility index (Phi) is 4.01. The molecule has 2 aromatic rings. The summed E-state index contributed by atoms with van der Waals surface area (Å²) in [5.41, 5.74) is 2.00. The zero-order valence-electron chi connectivity index (χ0n) is 9.54. The molecule has 17 heavy (non-hydrogen) atoms. The molecule has 2 heterocycles. The van der Waals surface area contributed by atoms with Crippen molar-refractivity contribution in [3.05, 3.63) is 42.2 Å². The molecule has 0 spiro atoms. The number of halogens is 1. The number of rotatable bonds is 3. The van der Waals surface area contributed by atoms with Crippen LogP contribution in [0.1, 0.15) is 25.7 Å². The number of amides is 1. The summed E-state index contributed by atoms with van der Waals surface area (Å²) in [4.78, 5) is 14.3. The fourth-order valence-corrected chi connectivity index (χ4v) is 3.57. The minimum absolute atomic E-state index is 0.0179. The topological polar surface area (TPSA) is 29.1 Å². The molecule has 5 heteroatoms. The van der Waals surface area contributed by atoms with Crippen molar-refractivity contribution < 1.29 is 4.79 Å². The summed E-state index contributed by atoms with van der Waals surface area (Å²) >= 11 is 6.60. The maximum Gasteiger partial charge on any atom is 0.252 e. The van der Waals surface area contributed by atoms with Gasteiger partial charge in [0, 0.05) is 15.1 Å². The van der Waals surface area contributed by atoms with Crippen LogP contribution in [0.25, 0.3) is 0 Å². The summed E-state index contributed by atoms with van der Waals surface area (Å²) in [5, 5.41) is 4.78. The van der Waals surface area contributed by atoms with E-state index in [-0.39, 0.29) is 5.91 Å². The Balaban J connectivity index is 1.96. The lowest BCUT2D eigenvalue weighted by molar-refractivity contribution is 0.0951. The summed E-state index contributed by atoms with van der Waals surface area (Å²) in [7, 11) is 0. The predicted octanol–water partition coefficient (Wildman–Crippen LogP) is 4.12. The average molecular weight is 330 g/mol. The second-order valence-corrected chi connectivity index (χ2v) is 7.41. The van der Waals surface area contributed by atoms with Crippen molar-refractivity contribution in [1.82, 2.24) is 5.32 Å². The van der Waals surface area contributed by atoms with Crippen LogP contribution < -0.4 is 5.32 Å². The third-order valence-corrected chi connectivity index (χ3v) is 5.13. The number of carbonyl (C=O) groups excluding carboxylic acids is 1. The van der Waals surface area contributed by atoms with Gasteiger partial charge in [0.1, 0.15) is 0 Å². The molecule has 0 bridgehead atoms. The summed E-state index contributed by atoms with van der Waals surface area (Å²) < 4.78 is 0.977. The van der Waals surface area contributed by atoms with E-state index >= 15 is 0 Å². The highest BCUT2D eigenvalue weighted by Crippen LogP contribution is 2.22. The van der Waals surface area contributed by atoms with Crippen LogP contribution in [0, 0.1) is 13.8 Å². The number of aryl methyl sites for hydroxylation is 2. The minimum atomic E-state index is -0.0179. The smallest absolute Gasteiger partial charge is 0.252 e. The molecule has 0 aliphatic carbocycles. The predicted molar refractivity (Wildman–Crippen MR) is 77.0 cm³/mol. The highest BCUT2D eigenvalue weighted by Gasteiger charge is 2.08. The van der Waals surface area contributed by atoms with E-state index in [2.05, 4.69) is 41.2 Å². The maximum atomic E-state index is 11.8. The van der Waals surface area contributed by atoms with Crippen LogP contribution in [-0.4, -0.2) is 5.91 Å². The molecule has 0 aliphatic heterocycles. The number of thiophene rings is 2. The van der Waals surface area contributed by atoms with Crippen molar-refractivity contribution >= 4 is 44.5 Å². The summed E-state index contributed by atoms with van der Waals surface area (Å²) in [6, 6.07) is 3.97. The first kappa shape index (κ1) is 12.8. The third-order valence-electron chi connectivity index (χ3n) is 2.47. The van der Waals surface area contributed by atoms with Gasteiger partial charge in [-0.2, -0.15) is 0 Å². The quantitative estimate of drug-likeness (QED) is 0.901. The average Bonchev–Trinajstić information content (AvgIpc) is 2.83. The van der Waals surface area contributed by atoms with Crippen molar-refractivity contribution in [3.63, 3.8) is 0 Å². The van der Waals surface area contributed by atoms with Crippen LogP contribution in [0.15, 0.2) is 21.3 Å². The van der Waals surface area contributed by atoms with E-state index in [1.165, 1.54) is 26.7 Å². The molecule has 0 unspecified atom stereocenters. The van der Waals surface area contributed by atoms with Gasteiger partial charge in [-0.3, -0.25) is 4.79 Å². The third kappa shape index (κ3) is 3.18. The lowest BCUT2D eigenvalue weighted by Crippen LogP contribution is -2.21. The van der Waals surface area contributed by atoms with E-state index in [1.807, 2.05) is 11.4 Å². The Morgan fingerprint density at radius 2 is 2.18 bits per heavy atom. The van der Waals surface area contributed by atoms with Crippen LogP contribution in [0.2, 0.25) is 0 Å². The second kappa shape index (κ2) is 5.33. The van der Waals surface area contributed by atoms with E-state index in [0.29, 0.717) is 12.1 Å². The van der Waals surface area contributed by atoms with Crippen molar-refractivity contribution in [2.75, 3.05) is 0 Å². The SMILES string of the molecule is Cc1cc(CNC(=O)c2csc(Br)c2)sc1C. The maximum absolute atomic E-state index is 11.8. The standard InChI is InChI=1S/C12H12BrNOS2/c1-7-3-10(17-8(7)2)5-14-12(15)9-4-11(13)16-6-9/h3-4,6H,5H2,1-2H3,(H,14,15). The van der Waals surface area contributed by atoms with Gasteiger partial charge in [-0.25, -0.2) is 0 Å². The molecule has 1 amide bonds. The van der Waals surface area contributed by atoms with Crippen molar-refractivity contribution in [2.45, 2.75) is 20.4 Å². The summed E-state index contributed by atoms with van der Waals surface area (Å²) in [6.45, 7) is 4.79. The molecule has 2 nitrogen and oxygen atoms in total. The van der Waals surface area contributed by atoms with E-state index in [4.69, 9.17) is 0 Å². The first-order valence-corrected chi connectivity index (χ1v) is 7.63. The van der Waals surface area contributed by atoms with Crippen molar-refractivity contribution in [1.29, 1.82) is 0 Å². The highest BCUT2D eigenvalue weighted by atomic mass is 79.9. The Morgan fingerprint density at radius 3 is 2.71 bits per heavy atom.